The molecule has 0 aliphatic heterocycles. The molecule has 0 heterocycles. The Kier molecular flexibility index (Phi) is 5.81. The van der Waals surface area contributed by atoms with E-state index >= 15 is 0 Å². The van der Waals surface area contributed by atoms with Crippen LogP contribution < -0.4 is 0 Å². The van der Waals surface area contributed by atoms with E-state index in [1.165, 1.54) is 0 Å². The molecule has 1 fully saturated rings. The molecule has 93 valence electrons. The lowest BCUT2D eigenvalue weighted by Gasteiger charge is -2.17. The molecule has 0 aromatic carbocycles. The molecule has 16 heavy (non-hydrogen) atoms. The van der Waals surface area contributed by atoms with Gasteiger partial charge in [0.15, 0.2) is 0 Å². The van der Waals surface area contributed by atoms with Crippen molar-refractivity contribution in [2.24, 2.45) is 11.8 Å². The van der Waals surface area contributed by atoms with Crippen LogP contribution in [0.25, 0.3) is 0 Å². The van der Waals surface area contributed by atoms with Crippen molar-refractivity contribution in [1.29, 1.82) is 2.61 Å². The van der Waals surface area contributed by atoms with Crippen molar-refractivity contribution < 1.29 is 18.8 Å². The first kappa shape index (κ1) is 11.8. The van der Waals surface area contributed by atoms with E-state index in [1.54, 1.807) is 7.11 Å². The van der Waals surface area contributed by atoms with Gasteiger partial charge in [-0.1, -0.05) is 14.5 Å². The van der Waals surface area contributed by atoms with Gasteiger partial charge in [-0.3, -0.25) is 0 Å². The summed E-state index contributed by atoms with van der Waals surface area (Å²) in [5.74, 6) is 0.313. The number of rotatable bonds is 8. The first-order valence-electron chi connectivity index (χ1n) is 6.20. The molecule has 0 bridgehead atoms. The third-order valence-electron chi connectivity index (χ3n) is 2.98. The fraction of sp³-hybridized carbons (Fsp3) is 1.00. The van der Waals surface area contributed by atoms with Crippen LogP contribution in [0.2, 0.25) is 0 Å². The van der Waals surface area contributed by atoms with Gasteiger partial charge in [0.1, 0.15) is 14.3 Å². The van der Waals surface area contributed by atoms with Gasteiger partial charge in [0.05, 0.1) is 20.1 Å². The van der Waals surface area contributed by atoms with E-state index in [0.29, 0.717) is 6.61 Å². The van der Waals surface area contributed by atoms with Crippen LogP contribution in [0.15, 0.2) is 0 Å². The molecule has 1 aliphatic carbocycles. The number of ether oxygens (including phenoxy) is 2. The van der Waals surface area contributed by atoms with Crippen LogP contribution >= 0.6 is 19.3 Å². The molecule has 1 radical (unpaired) electrons. The molecule has 4 nitrogen and oxygen atoms in total. The van der Waals surface area contributed by atoms with Crippen molar-refractivity contribution >= 4 is 26.8 Å². The number of methoxy groups -OCH3 is 1. The van der Waals surface area contributed by atoms with Crippen LogP contribution in [0.1, 0.15) is 13.3 Å². The summed E-state index contributed by atoms with van der Waals surface area (Å²) in [6.45, 7) is 2.63. The molecule has 0 aromatic heterocycles. The summed E-state index contributed by atoms with van der Waals surface area (Å²) < 4.78 is 29.9. The number of hydrogen-bond donors (Lipinski definition) is 1. The van der Waals surface area contributed by atoms with Crippen LogP contribution in [0, 0.1) is 11.8 Å². The van der Waals surface area contributed by atoms with Crippen LogP contribution in [-0.4, -0.2) is 48.0 Å². The zero-order chi connectivity index (χ0) is 13.5. The van der Waals surface area contributed by atoms with Crippen molar-refractivity contribution in [3.63, 3.8) is 0 Å². The predicted molar refractivity (Wildman–Crippen MR) is 69.0 cm³/mol. The second-order valence-corrected chi connectivity index (χ2v) is 5.60. The summed E-state index contributed by atoms with van der Waals surface area (Å²) in [4.78, 5) is 0. The summed E-state index contributed by atoms with van der Waals surface area (Å²) in [5.41, 5.74) is 0. The van der Waals surface area contributed by atoms with Crippen molar-refractivity contribution in [3.8, 4) is 0 Å². The number of hydrogen-bond acceptors (Lipinski definition) is 5. The molecule has 7 heteroatoms. The Morgan fingerprint density at radius 1 is 1.81 bits per heavy atom. The van der Waals surface area contributed by atoms with Gasteiger partial charge < -0.3 is 18.8 Å². The lowest BCUT2D eigenvalue weighted by atomic mass is 9.98. The highest BCUT2D eigenvalue weighted by Crippen LogP contribution is 2.36. The minimum Gasteiger partial charge on any atom is -0.390 e. The van der Waals surface area contributed by atoms with Crippen molar-refractivity contribution in [2.75, 3.05) is 20.5 Å². The molecule has 1 saturated carbocycles. The highest BCUT2D eigenvalue weighted by atomic mass is 32.7. The van der Waals surface area contributed by atoms with E-state index in [0.717, 1.165) is 25.6 Å². The minimum absolute atomic E-state index is 0.101. The molecule has 2 unspecified atom stereocenters. The van der Waals surface area contributed by atoms with E-state index in [4.69, 9.17) is 16.3 Å². The summed E-state index contributed by atoms with van der Waals surface area (Å²) in [6, 6.07) is 0. The van der Waals surface area contributed by atoms with Crippen molar-refractivity contribution in [1.82, 2.24) is 0 Å². The summed E-state index contributed by atoms with van der Waals surface area (Å²) >= 11 is 1.03. The van der Waals surface area contributed by atoms with E-state index in [1.807, 2.05) is 6.92 Å². The summed E-state index contributed by atoms with van der Waals surface area (Å²) in [7, 11) is 1.36. The van der Waals surface area contributed by atoms with Gasteiger partial charge in [-0.05, 0) is 19.6 Å². The Hall–Kier alpha value is 0.685. The quantitative estimate of drug-likeness (QED) is 0.309. The Bertz CT molecular complexity index is 245. The van der Waals surface area contributed by atoms with Gasteiger partial charge in [0.25, 0.3) is 0 Å². The van der Waals surface area contributed by atoms with Gasteiger partial charge in [-0.15, -0.1) is 0 Å². The Morgan fingerprint density at radius 2 is 2.62 bits per heavy atom. The van der Waals surface area contributed by atoms with Crippen LogP contribution in [0.3, 0.4) is 0 Å². The molecule has 1 rings (SSSR count). The SMILES string of the molecule is [2H]P([B][3H])SOC[C@H]1CC(OCOC)[C@@H](O)[C@@H]1C. The van der Waals surface area contributed by atoms with Gasteiger partial charge in [0.2, 0.25) is 0 Å². The van der Waals surface area contributed by atoms with Gasteiger partial charge >= 0.3 is 0 Å². The zero-order valence-electron chi connectivity index (χ0n) is 11.5. The monoisotopic (exact) mass is 268 g/mol. The Balaban J connectivity index is 2.29. The third-order valence-corrected chi connectivity index (χ3v) is 3.88. The van der Waals surface area contributed by atoms with E-state index < -0.39 is 13.7 Å². The maximum absolute atomic E-state index is 10.00. The molecular formula is C9H19BO4PS. The molecule has 1 N–H and O–H groups in total. The standard InChI is InChI=1S/C9H19BO4PS/c1-6-7(4-14-16-15-10)3-8(9(6)11)13-5-12-2/h6-11,15H,3-5H2,1-2H3/t6-,7-,8?,9+,15?/m1/s1/i10T,15D. The zero-order valence-corrected chi connectivity index (χ0v) is 11.2. The van der Waals surface area contributed by atoms with E-state index in [-0.39, 0.29) is 24.7 Å². The first-order chi connectivity index (χ1) is 8.60. The summed E-state index contributed by atoms with van der Waals surface area (Å²) in [6.07, 6.45) is 0.0186. The largest absolute Gasteiger partial charge is 0.390 e. The van der Waals surface area contributed by atoms with Gasteiger partial charge in [-0.2, -0.15) is 0 Å². The average Bonchev–Trinajstić information content (AvgIpc) is 2.64. The van der Waals surface area contributed by atoms with Crippen molar-refractivity contribution in [2.45, 2.75) is 25.6 Å². The smallest absolute Gasteiger partial charge is 0.146 e. The first-order valence-corrected chi connectivity index (χ1v) is 7.49. The second kappa shape index (κ2) is 7.91. The number of aliphatic hydroxyl groups is 1. The maximum atomic E-state index is 10.00. The molecule has 0 amide bonds. The predicted octanol–water partition coefficient (Wildman–Crippen LogP) is 1.07. The Labute approximate surface area is 107 Å². The van der Waals surface area contributed by atoms with Crippen LogP contribution in [0.5, 0.6) is 0 Å². The fourth-order valence-electron chi connectivity index (χ4n) is 1.96. The maximum Gasteiger partial charge on any atom is 0.146 e. The van der Waals surface area contributed by atoms with Crippen LogP contribution in [0.4, 0.5) is 0 Å². The van der Waals surface area contributed by atoms with Crippen molar-refractivity contribution in [3.05, 3.63) is 0 Å². The molecule has 0 aromatic rings. The van der Waals surface area contributed by atoms with E-state index in [9.17, 15) is 5.11 Å². The topological polar surface area (TPSA) is 47.9 Å². The second-order valence-electron chi connectivity index (χ2n) is 3.92. The summed E-state index contributed by atoms with van der Waals surface area (Å²) in [5, 5.41) is 10.00. The normalized spacial score (nSPS) is 37.9. The lowest BCUT2D eigenvalue weighted by molar-refractivity contribution is -0.106. The highest BCUT2D eigenvalue weighted by molar-refractivity contribution is 8.53. The highest BCUT2D eigenvalue weighted by Gasteiger charge is 2.40. The fourth-order valence-corrected chi connectivity index (χ4v) is 2.62. The molecule has 5 atom stereocenters. The van der Waals surface area contributed by atoms with E-state index in [2.05, 4.69) is 0 Å². The molecule has 0 spiro atoms. The molecule has 1 aliphatic rings. The van der Waals surface area contributed by atoms with Gasteiger partial charge in [-0.25, -0.2) is 0 Å². The van der Waals surface area contributed by atoms with Gasteiger partial charge in [0, 0.05) is 18.8 Å². The number of aliphatic hydroxyl groups excluding tert-OH is 1. The minimum atomic E-state index is -1.27. The molecule has 0 saturated heterocycles. The van der Waals surface area contributed by atoms with Crippen LogP contribution in [-0.2, 0) is 13.7 Å². The average molecular weight is 268 g/mol. The Morgan fingerprint density at radius 3 is 3.31 bits per heavy atom. The molecular weight excluding hydrogens is 246 g/mol. The third kappa shape index (κ3) is 4.17. The lowest BCUT2D eigenvalue weighted by Crippen LogP contribution is -2.27.